The Bertz CT molecular complexity index is 616. The average Bonchev–Trinajstić information content (AvgIpc) is 2.75. The molecule has 1 saturated carbocycles. The third-order valence-electron chi connectivity index (χ3n) is 4.12. The van der Waals surface area contributed by atoms with Crippen molar-refractivity contribution in [3.63, 3.8) is 0 Å². The van der Waals surface area contributed by atoms with Crippen LogP contribution in [0.25, 0.3) is 0 Å². The summed E-state index contributed by atoms with van der Waals surface area (Å²) in [6.07, 6.45) is 7.63. The first-order valence-corrected chi connectivity index (χ1v) is 10.0. The second-order valence-electron chi connectivity index (χ2n) is 6.18. The zero-order valence-electron chi connectivity index (χ0n) is 13.7. The van der Waals surface area contributed by atoms with Crippen LogP contribution in [-0.4, -0.2) is 32.8 Å². The van der Waals surface area contributed by atoms with E-state index >= 15 is 0 Å². The zero-order chi connectivity index (χ0) is 16.9. The van der Waals surface area contributed by atoms with Gasteiger partial charge < -0.3 is 10.1 Å². The Labute approximate surface area is 138 Å². The minimum atomic E-state index is -3.22. The van der Waals surface area contributed by atoms with Gasteiger partial charge in [0.25, 0.3) is 5.91 Å². The smallest absolute Gasteiger partial charge is 0.253 e. The fraction of sp³-hybridized carbons (Fsp3) is 0.588. The largest absolute Gasteiger partial charge is 0.365 e. The molecule has 23 heavy (non-hydrogen) atoms. The number of anilines is 1. The summed E-state index contributed by atoms with van der Waals surface area (Å²) >= 11 is 0. The van der Waals surface area contributed by atoms with Crippen LogP contribution in [0.5, 0.6) is 0 Å². The molecule has 0 aliphatic heterocycles. The highest BCUT2D eigenvalue weighted by Crippen LogP contribution is 2.21. The molecule has 0 bridgehead atoms. The van der Waals surface area contributed by atoms with Gasteiger partial charge in [-0.2, -0.15) is 0 Å². The minimum absolute atomic E-state index is 0.158. The molecule has 0 spiro atoms. The standard InChI is InChI=1S/C17H25NO4S/c1-13(22-15-7-5-3-4-6-8-15)17(19)18-14-9-11-16(12-10-14)23(2,20)21/h9-13,15H,3-8H2,1-2H3,(H,18,19)/t13-/m1/s1. The van der Waals surface area contributed by atoms with Crippen molar-refractivity contribution >= 4 is 21.4 Å². The Morgan fingerprint density at radius 3 is 2.22 bits per heavy atom. The summed E-state index contributed by atoms with van der Waals surface area (Å²) in [5.74, 6) is -0.207. The van der Waals surface area contributed by atoms with Crippen molar-refractivity contribution in [1.29, 1.82) is 0 Å². The van der Waals surface area contributed by atoms with E-state index in [9.17, 15) is 13.2 Å². The highest BCUT2D eigenvalue weighted by molar-refractivity contribution is 7.90. The van der Waals surface area contributed by atoms with Crippen LogP contribution in [0.1, 0.15) is 45.4 Å². The summed E-state index contributed by atoms with van der Waals surface area (Å²) in [6, 6.07) is 6.16. The van der Waals surface area contributed by atoms with Gasteiger partial charge in [0.1, 0.15) is 6.10 Å². The van der Waals surface area contributed by atoms with Gasteiger partial charge in [-0.1, -0.05) is 25.7 Å². The lowest BCUT2D eigenvalue weighted by Crippen LogP contribution is -2.31. The number of hydrogen-bond donors (Lipinski definition) is 1. The van der Waals surface area contributed by atoms with E-state index in [4.69, 9.17) is 4.74 Å². The molecule has 2 rings (SSSR count). The maximum Gasteiger partial charge on any atom is 0.253 e. The Morgan fingerprint density at radius 2 is 1.70 bits per heavy atom. The highest BCUT2D eigenvalue weighted by atomic mass is 32.2. The Hall–Kier alpha value is -1.40. The number of amides is 1. The molecule has 0 unspecified atom stereocenters. The first-order valence-electron chi connectivity index (χ1n) is 8.13. The lowest BCUT2D eigenvalue weighted by Gasteiger charge is -2.20. The molecule has 1 aromatic carbocycles. The normalized spacial score (nSPS) is 18.2. The minimum Gasteiger partial charge on any atom is -0.365 e. The number of sulfone groups is 1. The van der Waals surface area contributed by atoms with E-state index in [1.54, 1.807) is 19.1 Å². The SMILES string of the molecule is C[C@@H](OC1CCCCCC1)C(=O)Nc1ccc(S(C)(=O)=O)cc1. The number of ether oxygens (including phenoxy) is 1. The summed E-state index contributed by atoms with van der Waals surface area (Å²) in [5.41, 5.74) is 0.568. The van der Waals surface area contributed by atoms with Crippen molar-refractivity contribution in [3.05, 3.63) is 24.3 Å². The predicted molar refractivity (Wildman–Crippen MR) is 90.2 cm³/mol. The molecule has 6 heteroatoms. The molecular weight excluding hydrogens is 314 g/mol. The fourth-order valence-corrected chi connectivity index (χ4v) is 3.39. The van der Waals surface area contributed by atoms with Crippen molar-refractivity contribution in [2.24, 2.45) is 0 Å². The molecule has 1 aliphatic carbocycles. The van der Waals surface area contributed by atoms with Crippen molar-refractivity contribution in [3.8, 4) is 0 Å². The molecule has 0 radical (unpaired) electrons. The van der Waals surface area contributed by atoms with Gasteiger partial charge in [-0.15, -0.1) is 0 Å². The van der Waals surface area contributed by atoms with Crippen LogP contribution in [0.2, 0.25) is 0 Å². The van der Waals surface area contributed by atoms with Gasteiger partial charge in [0.05, 0.1) is 11.0 Å². The monoisotopic (exact) mass is 339 g/mol. The number of carbonyl (C=O) groups excluding carboxylic acids is 1. The first-order chi connectivity index (χ1) is 10.9. The summed E-state index contributed by atoms with van der Waals surface area (Å²) < 4.78 is 28.7. The van der Waals surface area contributed by atoms with Crippen molar-refractivity contribution in [2.75, 3.05) is 11.6 Å². The topological polar surface area (TPSA) is 72.5 Å². The molecule has 1 amide bonds. The van der Waals surface area contributed by atoms with Gasteiger partial charge in [-0.05, 0) is 44.0 Å². The average molecular weight is 339 g/mol. The van der Waals surface area contributed by atoms with Crippen LogP contribution < -0.4 is 5.32 Å². The number of rotatable bonds is 5. The molecule has 0 aromatic heterocycles. The Kier molecular flexibility index (Phi) is 6.18. The van der Waals surface area contributed by atoms with Gasteiger partial charge in [-0.3, -0.25) is 4.79 Å². The van der Waals surface area contributed by atoms with E-state index in [0.717, 1.165) is 31.9 Å². The molecule has 1 aliphatic rings. The molecule has 5 nitrogen and oxygen atoms in total. The summed E-state index contributed by atoms with van der Waals surface area (Å²) in [7, 11) is -3.22. The van der Waals surface area contributed by atoms with Gasteiger partial charge in [0.15, 0.2) is 9.84 Å². The summed E-state index contributed by atoms with van der Waals surface area (Å²) in [5, 5.41) is 2.77. The second kappa shape index (κ2) is 7.93. The molecule has 0 saturated heterocycles. The Balaban J connectivity index is 1.90. The van der Waals surface area contributed by atoms with Gasteiger partial charge in [0, 0.05) is 11.9 Å². The van der Waals surface area contributed by atoms with E-state index in [1.165, 1.54) is 25.0 Å². The van der Waals surface area contributed by atoms with Gasteiger partial charge >= 0.3 is 0 Å². The molecule has 1 aromatic rings. The number of carbonyl (C=O) groups is 1. The molecule has 1 N–H and O–H groups in total. The van der Waals surface area contributed by atoms with Crippen molar-refractivity contribution < 1.29 is 17.9 Å². The van der Waals surface area contributed by atoms with Crippen LogP contribution in [0.15, 0.2) is 29.2 Å². The number of hydrogen-bond acceptors (Lipinski definition) is 4. The third-order valence-corrected chi connectivity index (χ3v) is 5.25. The lowest BCUT2D eigenvalue weighted by molar-refractivity contribution is -0.130. The highest BCUT2D eigenvalue weighted by Gasteiger charge is 2.20. The van der Waals surface area contributed by atoms with E-state index in [2.05, 4.69) is 5.32 Å². The molecule has 1 atom stereocenters. The van der Waals surface area contributed by atoms with Crippen LogP contribution in [0.4, 0.5) is 5.69 Å². The van der Waals surface area contributed by atoms with Crippen LogP contribution in [0.3, 0.4) is 0 Å². The van der Waals surface area contributed by atoms with Crippen molar-refractivity contribution in [1.82, 2.24) is 0 Å². The lowest BCUT2D eigenvalue weighted by atomic mass is 10.1. The quantitative estimate of drug-likeness (QED) is 0.836. The summed E-state index contributed by atoms with van der Waals surface area (Å²) in [6.45, 7) is 1.76. The number of nitrogens with one attached hydrogen (secondary N) is 1. The van der Waals surface area contributed by atoms with Crippen LogP contribution in [0, 0.1) is 0 Å². The van der Waals surface area contributed by atoms with E-state index in [1.807, 2.05) is 0 Å². The summed E-state index contributed by atoms with van der Waals surface area (Å²) in [4.78, 5) is 12.4. The van der Waals surface area contributed by atoms with Gasteiger partial charge in [-0.25, -0.2) is 8.42 Å². The van der Waals surface area contributed by atoms with Crippen LogP contribution >= 0.6 is 0 Å². The fourth-order valence-electron chi connectivity index (χ4n) is 2.76. The molecule has 1 fully saturated rings. The van der Waals surface area contributed by atoms with E-state index < -0.39 is 15.9 Å². The van der Waals surface area contributed by atoms with E-state index in [-0.39, 0.29) is 16.9 Å². The van der Waals surface area contributed by atoms with Gasteiger partial charge in [0.2, 0.25) is 0 Å². The van der Waals surface area contributed by atoms with Crippen LogP contribution in [-0.2, 0) is 19.4 Å². The Morgan fingerprint density at radius 1 is 1.13 bits per heavy atom. The second-order valence-corrected chi connectivity index (χ2v) is 8.19. The maximum absolute atomic E-state index is 12.2. The predicted octanol–water partition coefficient (Wildman–Crippen LogP) is 3.16. The third kappa shape index (κ3) is 5.62. The molecule has 0 heterocycles. The van der Waals surface area contributed by atoms with E-state index in [0.29, 0.717) is 5.69 Å². The number of benzene rings is 1. The van der Waals surface area contributed by atoms with Crippen molar-refractivity contribution in [2.45, 2.75) is 62.6 Å². The molecular formula is C17H25NO4S. The molecule has 128 valence electrons. The zero-order valence-corrected chi connectivity index (χ0v) is 14.6. The maximum atomic E-state index is 12.2. The first kappa shape index (κ1) is 17.9.